The van der Waals surface area contributed by atoms with E-state index < -0.39 is 0 Å². The Kier molecular flexibility index (Phi) is 4.95. The summed E-state index contributed by atoms with van der Waals surface area (Å²) >= 11 is 5.88. The molecule has 0 radical (unpaired) electrons. The molecule has 6 heteroatoms. The molecular formula is C19H17ClN4O. The maximum absolute atomic E-state index is 12.5. The highest BCUT2D eigenvalue weighted by Gasteiger charge is 2.12. The van der Waals surface area contributed by atoms with Crippen LogP contribution in [0, 0.1) is 13.8 Å². The van der Waals surface area contributed by atoms with E-state index in [0.717, 1.165) is 16.9 Å². The van der Waals surface area contributed by atoms with Crippen LogP contribution in [0.5, 0.6) is 0 Å². The molecule has 1 amide bonds. The lowest BCUT2D eigenvalue weighted by Crippen LogP contribution is -2.16. The van der Waals surface area contributed by atoms with Gasteiger partial charge in [0.2, 0.25) is 5.95 Å². The van der Waals surface area contributed by atoms with Crippen LogP contribution in [0.2, 0.25) is 5.02 Å². The van der Waals surface area contributed by atoms with Crippen LogP contribution in [-0.2, 0) is 0 Å². The number of anilines is 3. The minimum atomic E-state index is -0.279. The number of benzene rings is 2. The Morgan fingerprint density at radius 1 is 1.00 bits per heavy atom. The molecular weight excluding hydrogens is 336 g/mol. The molecule has 126 valence electrons. The van der Waals surface area contributed by atoms with Crippen LogP contribution in [0.4, 0.5) is 17.3 Å². The zero-order valence-corrected chi connectivity index (χ0v) is 14.6. The van der Waals surface area contributed by atoms with Gasteiger partial charge in [-0.15, -0.1) is 0 Å². The number of para-hydroxylation sites is 1. The molecule has 0 spiro atoms. The second-order valence-electron chi connectivity index (χ2n) is 5.62. The molecule has 2 N–H and O–H groups in total. The van der Waals surface area contributed by atoms with E-state index in [4.69, 9.17) is 11.6 Å². The lowest BCUT2D eigenvalue weighted by atomic mass is 10.2. The van der Waals surface area contributed by atoms with Gasteiger partial charge in [0.15, 0.2) is 0 Å². The van der Waals surface area contributed by atoms with Crippen molar-refractivity contribution < 1.29 is 4.79 Å². The molecule has 0 aliphatic heterocycles. The zero-order valence-electron chi connectivity index (χ0n) is 13.9. The Morgan fingerprint density at radius 2 is 1.72 bits per heavy atom. The number of aryl methyl sites for hydroxylation is 2. The summed E-state index contributed by atoms with van der Waals surface area (Å²) in [4.78, 5) is 21.2. The molecule has 0 aliphatic carbocycles. The standard InChI is InChI=1S/C19H17ClN4O/c1-12-5-3-4-6-16(12)23-18(25)17-11-13(2)21-19(24-17)22-15-9-7-14(20)8-10-15/h3-11H,1-2H3,(H,23,25)(H,21,22,24). The number of aromatic nitrogens is 2. The van der Waals surface area contributed by atoms with Crippen LogP contribution in [0.1, 0.15) is 21.7 Å². The number of halogens is 1. The second-order valence-corrected chi connectivity index (χ2v) is 6.06. The van der Waals surface area contributed by atoms with Crippen molar-refractivity contribution in [3.8, 4) is 0 Å². The third-order valence-electron chi connectivity index (χ3n) is 3.58. The molecule has 0 aliphatic rings. The molecule has 0 unspecified atom stereocenters. The third kappa shape index (κ3) is 4.33. The zero-order chi connectivity index (χ0) is 17.8. The molecule has 0 saturated heterocycles. The van der Waals surface area contributed by atoms with Crippen molar-refractivity contribution in [2.24, 2.45) is 0 Å². The van der Waals surface area contributed by atoms with Gasteiger partial charge in [-0.05, 0) is 55.8 Å². The van der Waals surface area contributed by atoms with E-state index in [1.165, 1.54) is 0 Å². The quantitative estimate of drug-likeness (QED) is 0.711. The molecule has 25 heavy (non-hydrogen) atoms. The van der Waals surface area contributed by atoms with E-state index in [1.807, 2.05) is 50.2 Å². The van der Waals surface area contributed by atoms with Gasteiger partial charge in [-0.3, -0.25) is 4.79 Å². The van der Waals surface area contributed by atoms with Crippen molar-refractivity contribution in [3.05, 3.63) is 76.6 Å². The molecule has 3 rings (SSSR count). The average molecular weight is 353 g/mol. The summed E-state index contributed by atoms with van der Waals surface area (Å²) in [6.07, 6.45) is 0. The number of amides is 1. The predicted octanol–water partition coefficient (Wildman–Crippen LogP) is 4.74. The first-order valence-electron chi connectivity index (χ1n) is 7.76. The Morgan fingerprint density at radius 3 is 2.44 bits per heavy atom. The van der Waals surface area contributed by atoms with Crippen molar-refractivity contribution in [1.82, 2.24) is 9.97 Å². The van der Waals surface area contributed by atoms with Crippen LogP contribution < -0.4 is 10.6 Å². The Bertz CT molecular complexity index is 910. The van der Waals surface area contributed by atoms with E-state index in [1.54, 1.807) is 18.2 Å². The summed E-state index contributed by atoms with van der Waals surface area (Å²) in [6, 6.07) is 16.4. The van der Waals surface area contributed by atoms with E-state index in [-0.39, 0.29) is 5.91 Å². The number of hydrogen-bond donors (Lipinski definition) is 2. The number of nitrogens with one attached hydrogen (secondary N) is 2. The van der Waals surface area contributed by atoms with Gasteiger partial charge >= 0.3 is 0 Å². The van der Waals surface area contributed by atoms with Gasteiger partial charge in [0.1, 0.15) is 5.69 Å². The topological polar surface area (TPSA) is 66.9 Å². The number of rotatable bonds is 4. The summed E-state index contributed by atoms with van der Waals surface area (Å²) in [7, 11) is 0. The van der Waals surface area contributed by atoms with Crippen LogP contribution in [0.3, 0.4) is 0 Å². The van der Waals surface area contributed by atoms with Gasteiger partial charge in [0, 0.05) is 22.1 Å². The predicted molar refractivity (Wildman–Crippen MR) is 101 cm³/mol. The highest BCUT2D eigenvalue weighted by atomic mass is 35.5. The van der Waals surface area contributed by atoms with Crippen LogP contribution in [-0.4, -0.2) is 15.9 Å². The molecule has 3 aromatic rings. The minimum absolute atomic E-state index is 0.279. The maximum atomic E-state index is 12.5. The van der Waals surface area contributed by atoms with Gasteiger partial charge < -0.3 is 10.6 Å². The average Bonchev–Trinajstić information content (AvgIpc) is 2.58. The lowest BCUT2D eigenvalue weighted by molar-refractivity contribution is 0.102. The van der Waals surface area contributed by atoms with Crippen molar-refractivity contribution in [3.63, 3.8) is 0 Å². The summed E-state index contributed by atoms with van der Waals surface area (Å²) in [5.41, 5.74) is 3.53. The third-order valence-corrected chi connectivity index (χ3v) is 3.83. The number of nitrogens with zero attached hydrogens (tertiary/aromatic N) is 2. The van der Waals surface area contributed by atoms with E-state index in [2.05, 4.69) is 20.6 Å². The first-order chi connectivity index (χ1) is 12.0. The Labute approximate surface area is 151 Å². The molecule has 0 fully saturated rings. The van der Waals surface area contributed by atoms with Gasteiger partial charge in [-0.2, -0.15) is 0 Å². The van der Waals surface area contributed by atoms with E-state index in [0.29, 0.717) is 22.4 Å². The largest absolute Gasteiger partial charge is 0.324 e. The Balaban J connectivity index is 1.82. The van der Waals surface area contributed by atoms with E-state index >= 15 is 0 Å². The summed E-state index contributed by atoms with van der Waals surface area (Å²) in [5, 5.41) is 6.61. The van der Waals surface area contributed by atoms with Gasteiger partial charge in [0.05, 0.1) is 0 Å². The monoisotopic (exact) mass is 352 g/mol. The fraction of sp³-hybridized carbons (Fsp3) is 0.105. The maximum Gasteiger partial charge on any atom is 0.274 e. The van der Waals surface area contributed by atoms with E-state index in [9.17, 15) is 4.79 Å². The normalized spacial score (nSPS) is 10.4. The van der Waals surface area contributed by atoms with Crippen molar-refractivity contribution in [2.75, 3.05) is 10.6 Å². The molecule has 0 bridgehead atoms. The van der Waals surface area contributed by atoms with Gasteiger partial charge in [-0.1, -0.05) is 29.8 Å². The highest BCUT2D eigenvalue weighted by Crippen LogP contribution is 2.18. The lowest BCUT2D eigenvalue weighted by Gasteiger charge is -2.10. The van der Waals surface area contributed by atoms with Gasteiger partial charge in [0.25, 0.3) is 5.91 Å². The molecule has 1 heterocycles. The number of hydrogen-bond acceptors (Lipinski definition) is 4. The molecule has 5 nitrogen and oxygen atoms in total. The molecule has 2 aromatic carbocycles. The van der Waals surface area contributed by atoms with Crippen molar-refractivity contribution in [2.45, 2.75) is 13.8 Å². The summed E-state index contributed by atoms with van der Waals surface area (Å²) < 4.78 is 0. The molecule has 0 atom stereocenters. The SMILES string of the molecule is Cc1cc(C(=O)Nc2ccccc2C)nc(Nc2ccc(Cl)cc2)n1. The smallest absolute Gasteiger partial charge is 0.274 e. The summed E-state index contributed by atoms with van der Waals surface area (Å²) in [5.74, 6) is 0.0798. The van der Waals surface area contributed by atoms with Crippen LogP contribution in [0.25, 0.3) is 0 Å². The second kappa shape index (κ2) is 7.32. The van der Waals surface area contributed by atoms with Crippen molar-refractivity contribution in [1.29, 1.82) is 0 Å². The fourth-order valence-corrected chi connectivity index (χ4v) is 2.43. The number of carbonyl (C=O) groups is 1. The number of carbonyl (C=O) groups excluding carboxylic acids is 1. The first-order valence-corrected chi connectivity index (χ1v) is 8.14. The Hall–Kier alpha value is -2.92. The molecule has 1 aromatic heterocycles. The molecule has 0 saturated carbocycles. The highest BCUT2D eigenvalue weighted by molar-refractivity contribution is 6.30. The minimum Gasteiger partial charge on any atom is -0.324 e. The van der Waals surface area contributed by atoms with Crippen LogP contribution >= 0.6 is 11.6 Å². The first kappa shape index (κ1) is 16.9. The fourth-order valence-electron chi connectivity index (χ4n) is 2.30. The van der Waals surface area contributed by atoms with Crippen LogP contribution in [0.15, 0.2) is 54.6 Å². The van der Waals surface area contributed by atoms with Gasteiger partial charge in [-0.25, -0.2) is 9.97 Å². The summed E-state index contributed by atoms with van der Waals surface area (Å²) in [6.45, 7) is 3.76. The van der Waals surface area contributed by atoms with Crippen molar-refractivity contribution >= 4 is 34.8 Å².